The summed E-state index contributed by atoms with van der Waals surface area (Å²) in [5.41, 5.74) is -0.345. The molecule has 0 aliphatic carbocycles. The van der Waals surface area contributed by atoms with Crippen LogP contribution < -0.4 is 0 Å². The summed E-state index contributed by atoms with van der Waals surface area (Å²) in [7, 11) is 0. The molecule has 0 unspecified atom stereocenters. The lowest BCUT2D eigenvalue weighted by molar-refractivity contribution is -0.0425. The van der Waals surface area contributed by atoms with Crippen molar-refractivity contribution >= 4 is 11.4 Å². The molecule has 3 atom stereocenters. The predicted octanol–water partition coefficient (Wildman–Crippen LogP) is 1.42. The summed E-state index contributed by atoms with van der Waals surface area (Å²) in [5.74, 6) is 0.264. The van der Waals surface area contributed by atoms with Crippen LogP contribution in [0.5, 0.6) is 0 Å². The summed E-state index contributed by atoms with van der Waals surface area (Å²) in [6.45, 7) is 7.79. The number of rotatable bonds is 0. The van der Waals surface area contributed by atoms with Gasteiger partial charge in [-0.1, -0.05) is 6.92 Å². The smallest absolute Gasteiger partial charge is 0.265 e. The zero-order valence-corrected chi connectivity index (χ0v) is 8.10. The molecule has 0 saturated carbocycles. The Hall–Kier alpha value is 0.0700. The first-order valence-corrected chi connectivity index (χ1v) is 4.72. The van der Waals surface area contributed by atoms with E-state index in [4.69, 9.17) is 8.37 Å². The summed E-state index contributed by atoms with van der Waals surface area (Å²) >= 11 is -1.56. The van der Waals surface area contributed by atoms with E-state index in [1.54, 1.807) is 0 Å². The second-order valence-electron chi connectivity index (χ2n) is 3.48. The van der Waals surface area contributed by atoms with Gasteiger partial charge in [-0.05, 0) is 20.8 Å². The van der Waals surface area contributed by atoms with Crippen LogP contribution in [0.1, 0.15) is 27.7 Å². The average molecular weight is 178 g/mol. The molecule has 1 aliphatic heterocycles. The van der Waals surface area contributed by atoms with Crippen LogP contribution in [-0.4, -0.2) is 15.9 Å². The van der Waals surface area contributed by atoms with E-state index in [0.29, 0.717) is 0 Å². The molecule has 11 heavy (non-hydrogen) atoms. The third-order valence-electron chi connectivity index (χ3n) is 2.31. The molecule has 0 spiro atoms. The van der Waals surface area contributed by atoms with Crippen molar-refractivity contribution < 1.29 is 12.6 Å². The Morgan fingerprint density at radius 2 is 1.91 bits per heavy atom. The van der Waals surface area contributed by atoms with Gasteiger partial charge >= 0.3 is 11.4 Å². The lowest BCUT2D eigenvalue weighted by Crippen LogP contribution is -2.45. The summed E-state index contributed by atoms with van der Waals surface area (Å²) < 4.78 is 21.0. The highest BCUT2D eigenvalue weighted by atomic mass is 32.2. The minimum atomic E-state index is -1.56. The third-order valence-corrected chi connectivity index (χ3v) is 3.34. The third kappa shape index (κ3) is 1.80. The van der Waals surface area contributed by atoms with Gasteiger partial charge in [-0.15, -0.1) is 0 Å². The molecule has 4 heteroatoms. The maximum absolute atomic E-state index is 10.9. The van der Waals surface area contributed by atoms with Crippen LogP contribution in [0.4, 0.5) is 0 Å². The van der Waals surface area contributed by atoms with Gasteiger partial charge in [0.2, 0.25) is 0 Å². The second kappa shape index (κ2) is 2.84. The Morgan fingerprint density at radius 3 is 2.36 bits per heavy atom. The molecule has 1 heterocycles. The van der Waals surface area contributed by atoms with Crippen molar-refractivity contribution in [3.63, 3.8) is 0 Å². The lowest BCUT2D eigenvalue weighted by Gasteiger charge is -2.38. The highest BCUT2D eigenvalue weighted by Gasteiger charge is 2.39. The van der Waals surface area contributed by atoms with E-state index >= 15 is 0 Å². The highest BCUT2D eigenvalue weighted by molar-refractivity contribution is 7.75. The summed E-state index contributed by atoms with van der Waals surface area (Å²) in [6, 6.07) is 0. The fraction of sp³-hybridized carbons (Fsp3) is 1.00. The molecule has 0 N–H and O–H groups in total. The molecule has 1 fully saturated rings. The van der Waals surface area contributed by atoms with Crippen LogP contribution >= 0.6 is 0 Å². The van der Waals surface area contributed by atoms with Crippen molar-refractivity contribution in [2.24, 2.45) is 5.92 Å². The molecule has 0 amide bonds. The van der Waals surface area contributed by atoms with Gasteiger partial charge in [-0.2, -0.15) is 4.21 Å². The number of hydrogen-bond acceptors (Lipinski definition) is 3. The zero-order chi connectivity index (χ0) is 8.65. The topological polar surface area (TPSA) is 35.5 Å². The first-order valence-electron chi connectivity index (χ1n) is 3.72. The maximum Gasteiger partial charge on any atom is 0.305 e. The van der Waals surface area contributed by atoms with E-state index in [0.717, 1.165) is 0 Å². The van der Waals surface area contributed by atoms with E-state index in [9.17, 15) is 4.21 Å². The normalized spacial score (nSPS) is 43.8. The van der Waals surface area contributed by atoms with E-state index < -0.39 is 11.4 Å². The minimum absolute atomic E-state index is 0.000386. The average Bonchev–Trinajstić information content (AvgIpc) is 1.81. The monoisotopic (exact) mass is 178 g/mol. The second-order valence-corrected chi connectivity index (χ2v) is 4.25. The fourth-order valence-electron chi connectivity index (χ4n) is 1.04. The summed E-state index contributed by atoms with van der Waals surface area (Å²) in [5, 5.41) is 0. The Bertz CT molecular complexity index is 179. The van der Waals surface area contributed by atoms with Crippen LogP contribution in [0, 0.1) is 5.92 Å². The molecular formula is C7H14O3S. The molecule has 0 aromatic rings. The molecule has 0 aromatic carbocycles. The van der Waals surface area contributed by atoms with Crippen molar-refractivity contribution in [2.75, 3.05) is 0 Å². The van der Waals surface area contributed by atoms with Crippen molar-refractivity contribution in [2.45, 2.75) is 39.4 Å². The molecule has 1 rings (SSSR count). The Labute approximate surface area is 69.9 Å². The van der Waals surface area contributed by atoms with Crippen LogP contribution in [0.25, 0.3) is 0 Å². The largest absolute Gasteiger partial charge is 0.305 e. The molecule has 1 saturated heterocycles. The molecule has 3 nitrogen and oxygen atoms in total. The molecular weight excluding hydrogens is 164 g/mol. The van der Waals surface area contributed by atoms with Gasteiger partial charge in [0.25, 0.3) is 0 Å². The quantitative estimate of drug-likeness (QED) is 0.562. The van der Waals surface area contributed by atoms with E-state index in [1.807, 2.05) is 27.7 Å². The zero-order valence-electron chi connectivity index (χ0n) is 7.29. The highest BCUT2D eigenvalue weighted by Crippen LogP contribution is 2.31. The molecule has 66 valence electrons. The SMILES string of the molecule is C[C@@H]1O[S@](=O)OC(C)(C)[C@@H]1C. The van der Waals surface area contributed by atoms with Crippen molar-refractivity contribution in [3.8, 4) is 0 Å². The molecule has 0 radical (unpaired) electrons. The van der Waals surface area contributed by atoms with Crippen LogP contribution in [-0.2, 0) is 19.7 Å². The predicted molar refractivity (Wildman–Crippen MR) is 43.0 cm³/mol. The molecule has 1 aliphatic rings. The van der Waals surface area contributed by atoms with Gasteiger partial charge in [0, 0.05) is 5.92 Å². The molecule has 0 aromatic heterocycles. The standard InChI is InChI=1S/C7H14O3S/c1-5-6(2)9-11(8)10-7(5,3)4/h5-6H,1-4H3/t5-,6+,11+/m1/s1. The van der Waals surface area contributed by atoms with Gasteiger partial charge < -0.3 is 0 Å². The first-order chi connectivity index (χ1) is 4.93. The number of hydrogen-bond donors (Lipinski definition) is 0. The van der Waals surface area contributed by atoms with Crippen molar-refractivity contribution in [1.29, 1.82) is 0 Å². The van der Waals surface area contributed by atoms with Crippen molar-refractivity contribution in [3.05, 3.63) is 0 Å². The van der Waals surface area contributed by atoms with Gasteiger partial charge in [-0.25, -0.2) is 0 Å². The fourth-order valence-corrected chi connectivity index (χ4v) is 2.00. The molecule has 0 bridgehead atoms. The van der Waals surface area contributed by atoms with Gasteiger partial charge in [0.05, 0.1) is 11.7 Å². The van der Waals surface area contributed by atoms with Gasteiger partial charge in [-0.3, -0.25) is 8.37 Å². The minimum Gasteiger partial charge on any atom is -0.265 e. The lowest BCUT2D eigenvalue weighted by atomic mass is 9.89. The van der Waals surface area contributed by atoms with E-state index in [2.05, 4.69) is 0 Å². The van der Waals surface area contributed by atoms with Crippen LogP contribution in [0.3, 0.4) is 0 Å². The van der Waals surface area contributed by atoms with Gasteiger partial charge in [0.1, 0.15) is 0 Å². The Balaban J connectivity index is 2.75. The van der Waals surface area contributed by atoms with Gasteiger partial charge in [0.15, 0.2) is 0 Å². The Morgan fingerprint density at radius 1 is 1.36 bits per heavy atom. The summed E-state index contributed by atoms with van der Waals surface area (Å²) in [4.78, 5) is 0. The summed E-state index contributed by atoms with van der Waals surface area (Å²) in [6.07, 6.45) is -0.000386. The van der Waals surface area contributed by atoms with Crippen LogP contribution in [0.15, 0.2) is 0 Å². The first kappa shape index (κ1) is 9.16. The van der Waals surface area contributed by atoms with Crippen LogP contribution in [0.2, 0.25) is 0 Å². The van der Waals surface area contributed by atoms with E-state index in [1.165, 1.54) is 0 Å². The van der Waals surface area contributed by atoms with E-state index in [-0.39, 0.29) is 17.6 Å². The van der Waals surface area contributed by atoms with Crippen molar-refractivity contribution in [1.82, 2.24) is 0 Å². The Kier molecular flexibility index (Phi) is 2.37. The maximum atomic E-state index is 10.9.